The van der Waals surface area contributed by atoms with Crippen molar-refractivity contribution in [1.29, 1.82) is 0 Å². The van der Waals surface area contributed by atoms with Gasteiger partial charge in [-0.1, -0.05) is 11.6 Å². The summed E-state index contributed by atoms with van der Waals surface area (Å²) in [6.07, 6.45) is 5.01. The minimum absolute atomic E-state index is 0.194. The molecule has 0 saturated carbocycles. The van der Waals surface area contributed by atoms with Gasteiger partial charge in [-0.2, -0.15) is 0 Å². The molecule has 0 aromatic carbocycles. The fourth-order valence-corrected chi connectivity index (χ4v) is 1.34. The van der Waals surface area contributed by atoms with Crippen LogP contribution >= 0.6 is 11.6 Å². The summed E-state index contributed by atoms with van der Waals surface area (Å²) in [5, 5.41) is 0.194. The molecule has 0 atom stereocenters. The Bertz CT molecular complexity index is 493. The van der Waals surface area contributed by atoms with Gasteiger partial charge in [0, 0.05) is 18.6 Å². The van der Waals surface area contributed by atoms with E-state index in [1.54, 1.807) is 24.7 Å². The van der Waals surface area contributed by atoms with Crippen LogP contribution in [0.5, 0.6) is 0 Å². The van der Waals surface area contributed by atoms with Gasteiger partial charge in [-0.25, -0.2) is 0 Å². The molecule has 0 bridgehead atoms. The van der Waals surface area contributed by atoms with Gasteiger partial charge in [0.25, 0.3) is 5.56 Å². The topological polar surface area (TPSA) is 45.8 Å². The standard InChI is InChI=1S/C10H7ClN2O/c11-9-5-8(6-13-10(9)14)7-1-3-12-4-2-7/h1-6H,(H,13,14). The molecule has 0 amide bonds. The van der Waals surface area contributed by atoms with Gasteiger partial charge in [0.1, 0.15) is 5.02 Å². The zero-order chi connectivity index (χ0) is 9.97. The molecule has 14 heavy (non-hydrogen) atoms. The van der Waals surface area contributed by atoms with Crippen molar-refractivity contribution < 1.29 is 0 Å². The van der Waals surface area contributed by atoms with Crippen molar-refractivity contribution in [2.45, 2.75) is 0 Å². The molecule has 0 aliphatic rings. The van der Waals surface area contributed by atoms with Crippen LogP contribution in [0.3, 0.4) is 0 Å². The molecule has 0 aliphatic carbocycles. The predicted octanol–water partition coefficient (Wildman–Crippen LogP) is 2.09. The van der Waals surface area contributed by atoms with Gasteiger partial charge in [-0.15, -0.1) is 0 Å². The summed E-state index contributed by atoms with van der Waals surface area (Å²) in [5.41, 5.74) is 1.57. The molecule has 4 heteroatoms. The second-order valence-electron chi connectivity index (χ2n) is 2.80. The van der Waals surface area contributed by atoms with Crippen LogP contribution in [0.4, 0.5) is 0 Å². The van der Waals surface area contributed by atoms with Crippen LogP contribution in [0.1, 0.15) is 0 Å². The van der Waals surface area contributed by atoms with Crippen LogP contribution in [-0.2, 0) is 0 Å². The average Bonchev–Trinajstić information content (AvgIpc) is 2.23. The lowest BCUT2D eigenvalue weighted by Crippen LogP contribution is -2.04. The molecule has 0 unspecified atom stereocenters. The lowest BCUT2D eigenvalue weighted by atomic mass is 10.1. The van der Waals surface area contributed by atoms with Gasteiger partial charge >= 0.3 is 0 Å². The first-order chi connectivity index (χ1) is 6.77. The van der Waals surface area contributed by atoms with E-state index >= 15 is 0 Å². The van der Waals surface area contributed by atoms with E-state index in [2.05, 4.69) is 9.97 Å². The number of nitrogens with zero attached hydrogens (tertiary/aromatic N) is 1. The highest BCUT2D eigenvalue weighted by atomic mass is 35.5. The summed E-state index contributed by atoms with van der Waals surface area (Å²) in [6.45, 7) is 0. The highest BCUT2D eigenvalue weighted by Crippen LogP contribution is 2.18. The smallest absolute Gasteiger partial charge is 0.266 e. The molecule has 2 aromatic rings. The first kappa shape index (κ1) is 8.97. The first-order valence-corrected chi connectivity index (χ1v) is 4.44. The molecule has 2 aromatic heterocycles. The van der Waals surface area contributed by atoms with E-state index in [4.69, 9.17) is 11.6 Å². The fraction of sp³-hybridized carbons (Fsp3) is 0. The Balaban J connectivity index is 2.54. The molecule has 0 radical (unpaired) electrons. The molecule has 0 spiro atoms. The number of nitrogens with one attached hydrogen (secondary N) is 1. The van der Waals surface area contributed by atoms with Crippen molar-refractivity contribution in [2.24, 2.45) is 0 Å². The normalized spacial score (nSPS) is 10.1. The molecule has 3 nitrogen and oxygen atoms in total. The van der Waals surface area contributed by atoms with Gasteiger partial charge in [0.15, 0.2) is 0 Å². The van der Waals surface area contributed by atoms with Crippen molar-refractivity contribution in [1.82, 2.24) is 9.97 Å². The predicted molar refractivity (Wildman–Crippen MR) is 55.3 cm³/mol. The largest absolute Gasteiger partial charge is 0.327 e. The van der Waals surface area contributed by atoms with Gasteiger partial charge < -0.3 is 4.98 Å². The maximum atomic E-state index is 11.0. The molecule has 0 saturated heterocycles. The van der Waals surface area contributed by atoms with Crippen molar-refractivity contribution in [3.8, 4) is 11.1 Å². The van der Waals surface area contributed by atoms with Crippen LogP contribution in [0.25, 0.3) is 11.1 Å². The van der Waals surface area contributed by atoms with Gasteiger partial charge in [0.2, 0.25) is 0 Å². The van der Waals surface area contributed by atoms with E-state index < -0.39 is 0 Å². The highest BCUT2D eigenvalue weighted by Gasteiger charge is 2.00. The Kier molecular flexibility index (Phi) is 2.33. The third-order valence-electron chi connectivity index (χ3n) is 1.87. The second kappa shape index (κ2) is 3.64. The Morgan fingerprint density at radius 1 is 1.21 bits per heavy atom. The monoisotopic (exact) mass is 206 g/mol. The quantitative estimate of drug-likeness (QED) is 0.777. The molecular formula is C10H7ClN2O. The number of pyridine rings is 2. The van der Waals surface area contributed by atoms with Gasteiger partial charge in [-0.3, -0.25) is 9.78 Å². The Hall–Kier alpha value is -1.61. The van der Waals surface area contributed by atoms with E-state index in [1.165, 1.54) is 0 Å². The third kappa shape index (κ3) is 1.67. The maximum absolute atomic E-state index is 11.0. The summed E-state index contributed by atoms with van der Waals surface area (Å²) in [4.78, 5) is 17.5. The lowest BCUT2D eigenvalue weighted by molar-refractivity contribution is 1.24. The fourth-order valence-electron chi connectivity index (χ4n) is 1.17. The van der Waals surface area contributed by atoms with Gasteiger partial charge in [-0.05, 0) is 29.3 Å². The van der Waals surface area contributed by atoms with Gasteiger partial charge in [0.05, 0.1) is 0 Å². The summed E-state index contributed by atoms with van der Waals surface area (Å²) < 4.78 is 0. The Morgan fingerprint density at radius 2 is 1.93 bits per heavy atom. The summed E-state index contributed by atoms with van der Waals surface area (Å²) in [5.74, 6) is 0. The number of rotatable bonds is 1. The van der Waals surface area contributed by atoms with Crippen LogP contribution in [0.2, 0.25) is 5.02 Å². The van der Waals surface area contributed by atoms with Crippen molar-refractivity contribution in [3.63, 3.8) is 0 Å². The summed E-state index contributed by atoms with van der Waals surface area (Å²) in [6, 6.07) is 5.34. The van der Waals surface area contributed by atoms with Crippen LogP contribution in [0.15, 0.2) is 41.6 Å². The number of halogens is 1. The van der Waals surface area contributed by atoms with E-state index in [1.807, 2.05) is 12.1 Å². The molecule has 70 valence electrons. The van der Waals surface area contributed by atoms with E-state index in [0.29, 0.717) is 0 Å². The van der Waals surface area contributed by atoms with Crippen LogP contribution in [0, 0.1) is 0 Å². The van der Waals surface area contributed by atoms with Crippen molar-refractivity contribution in [3.05, 3.63) is 52.2 Å². The number of H-pyrrole nitrogens is 1. The van der Waals surface area contributed by atoms with Crippen molar-refractivity contribution >= 4 is 11.6 Å². The molecule has 1 N–H and O–H groups in total. The van der Waals surface area contributed by atoms with E-state index in [9.17, 15) is 4.79 Å². The zero-order valence-electron chi connectivity index (χ0n) is 7.20. The molecule has 2 heterocycles. The molecule has 0 fully saturated rings. The SMILES string of the molecule is O=c1[nH]cc(-c2ccncc2)cc1Cl. The molecule has 2 rings (SSSR count). The first-order valence-electron chi connectivity index (χ1n) is 4.06. The highest BCUT2D eigenvalue weighted by molar-refractivity contribution is 6.30. The third-order valence-corrected chi connectivity index (χ3v) is 2.15. The van der Waals surface area contributed by atoms with Crippen LogP contribution in [-0.4, -0.2) is 9.97 Å². The van der Waals surface area contributed by atoms with E-state index in [0.717, 1.165) is 11.1 Å². The minimum Gasteiger partial charge on any atom is -0.327 e. The van der Waals surface area contributed by atoms with Crippen molar-refractivity contribution in [2.75, 3.05) is 0 Å². The second-order valence-corrected chi connectivity index (χ2v) is 3.21. The molecule has 0 aliphatic heterocycles. The Morgan fingerprint density at radius 3 is 2.57 bits per heavy atom. The Labute approximate surface area is 85.4 Å². The number of hydrogen-bond donors (Lipinski definition) is 1. The zero-order valence-corrected chi connectivity index (χ0v) is 7.95. The summed E-state index contributed by atoms with van der Waals surface area (Å²) >= 11 is 5.70. The number of aromatic amines is 1. The minimum atomic E-state index is -0.274. The number of aromatic nitrogens is 2. The summed E-state index contributed by atoms with van der Waals surface area (Å²) in [7, 11) is 0. The van der Waals surface area contributed by atoms with E-state index in [-0.39, 0.29) is 10.6 Å². The number of hydrogen-bond acceptors (Lipinski definition) is 2. The average molecular weight is 207 g/mol. The van der Waals surface area contributed by atoms with Crippen LogP contribution < -0.4 is 5.56 Å². The molecular weight excluding hydrogens is 200 g/mol. The maximum Gasteiger partial charge on any atom is 0.266 e. The lowest BCUT2D eigenvalue weighted by Gasteiger charge is -1.99.